The Kier molecular flexibility index (Phi) is 2.99. The van der Waals surface area contributed by atoms with Gasteiger partial charge in [-0.05, 0) is 29.6 Å². The standard InChI is InChI=1S/C10H11Cl2N5O/c11-8-13-9(12)15-10(14-8)16-3-4-17-6(5-16)1-2-7(17)18/h6H,1-5H2. The molecule has 2 aliphatic rings. The zero-order chi connectivity index (χ0) is 12.7. The number of carbonyl (C=O) groups excluding carboxylic acids is 1. The fraction of sp³-hybridized carbons (Fsp3) is 0.600. The maximum absolute atomic E-state index is 11.6. The van der Waals surface area contributed by atoms with Crippen LogP contribution in [-0.2, 0) is 4.79 Å². The average Bonchev–Trinajstić information content (AvgIpc) is 2.69. The number of hydrogen-bond donors (Lipinski definition) is 0. The van der Waals surface area contributed by atoms with Gasteiger partial charge in [-0.15, -0.1) is 0 Å². The molecular weight excluding hydrogens is 277 g/mol. The van der Waals surface area contributed by atoms with Crippen molar-refractivity contribution in [2.45, 2.75) is 18.9 Å². The van der Waals surface area contributed by atoms with Crippen molar-refractivity contribution in [1.82, 2.24) is 19.9 Å². The van der Waals surface area contributed by atoms with E-state index in [1.165, 1.54) is 0 Å². The molecule has 1 aromatic heterocycles. The quantitative estimate of drug-likeness (QED) is 0.771. The lowest BCUT2D eigenvalue weighted by atomic mass is 10.2. The summed E-state index contributed by atoms with van der Waals surface area (Å²) >= 11 is 11.5. The molecule has 2 saturated heterocycles. The number of piperazine rings is 1. The van der Waals surface area contributed by atoms with Gasteiger partial charge in [0.25, 0.3) is 0 Å². The largest absolute Gasteiger partial charge is 0.337 e. The van der Waals surface area contributed by atoms with Gasteiger partial charge in [0.2, 0.25) is 22.4 Å². The maximum atomic E-state index is 11.6. The van der Waals surface area contributed by atoms with E-state index in [2.05, 4.69) is 15.0 Å². The monoisotopic (exact) mass is 287 g/mol. The second kappa shape index (κ2) is 4.51. The number of hydrogen-bond acceptors (Lipinski definition) is 5. The highest BCUT2D eigenvalue weighted by Gasteiger charge is 2.36. The molecule has 0 N–H and O–H groups in total. The minimum absolute atomic E-state index is 0.0925. The molecule has 1 aromatic rings. The summed E-state index contributed by atoms with van der Waals surface area (Å²) < 4.78 is 0. The predicted molar refractivity (Wildman–Crippen MR) is 66.8 cm³/mol. The van der Waals surface area contributed by atoms with E-state index < -0.39 is 0 Å². The predicted octanol–water partition coefficient (Wildman–Crippen LogP) is 0.989. The van der Waals surface area contributed by atoms with Crippen molar-refractivity contribution >= 4 is 35.1 Å². The number of aromatic nitrogens is 3. The fourth-order valence-electron chi connectivity index (χ4n) is 2.50. The Hall–Kier alpha value is -1.14. The van der Waals surface area contributed by atoms with Crippen LogP contribution in [-0.4, -0.2) is 51.4 Å². The molecule has 3 rings (SSSR count). The molecule has 0 spiro atoms. The van der Waals surface area contributed by atoms with Gasteiger partial charge in [0.15, 0.2) is 0 Å². The van der Waals surface area contributed by atoms with Crippen LogP contribution in [0, 0.1) is 0 Å². The van der Waals surface area contributed by atoms with Crippen LogP contribution in [0.15, 0.2) is 0 Å². The summed E-state index contributed by atoms with van der Waals surface area (Å²) in [5.74, 6) is 0.727. The van der Waals surface area contributed by atoms with Crippen molar-refractivity contribution in [3.8, 4) is 0 Å². The van der Waals surface area contributed by atoms with Crippen LogP contribution in [0.1, 0.15) is 12.8 Å². The summed E-state index contributed by atoms with van der Waals surface area (Å²) in [6.07, 6.45) is 1.53. The summed E-state index contributed by atoms with van der Waals surface area (Å²) in [6, 6.07) is 0.251. The average molecular weight is 288 g/mol. The minimum atomic E-state index is 0.0925. The molecule has 0 radical (unpaired) electrons. The molecule has 2 aliphatic heterocycles. The number of carbonyl (C=O) groups is 1. The Balaban J connectivity index is 1.80. The number of halogens is 2. The zero-order valence-electron chi connectivity index (χ0n) is 9.51. The highest BCUT2D eigenvalue weighted by atomic mass is 35.5. The molecule has 0 saturated carbocycles. The van der Waals surface area contributed by atoms with Crippen LogP contribution in [0.2, 0.25) is 10.6 Å². The van der Waals surface area contributed by atoms with Gasteiger partial charge < -0.3 is 9.80 Å². The van der Waals surface area contributed by atoms with E-state index in [1.54, 1.807) is 0 Å². The summed E-state index contributed by atoms with van der Waals surface area (Å²) in [6.45, 7) is 2.12. The molecular formula is C10H11Cl2N5O. The summed E-state index contributed by atoms with van der Waals surface area (Å²) in [4.78, 5) is 27.4. The Morgan fingerprint density at radius 1 is 1.11 bits per heavy atom. The van der Waals surface area contributed by atoms with Crippen molar-refractivity contribution in [2.24, 2.45) is 0 Å². The summed E-state index contributed by atoms with van der Waals surface area (Å²) in [5.41, 5.74) is 0. The van der Waals surface area contributed by atoms with Crippen LogP contribution in [0.4, 0.5) is 5.95 Å². The molecule has 0 aliphatic carbocycles. The number of nitrogens with zero attached hydrogens (tertiary/aromatic N) is 5. The highest BCUT2D eigenvalue weighted by Crippen LogP contribution is 2.25. The maximum Gasteiger partial charge on any atom is 0.231 e. The SMILES string of the molecule is O=C1CCC2CN(c3nc(Cl)nc(Cl)n3)CCN12. The Morgan fingerprint density at radius 2 is 1.83 bits per heavy atom. The van der Waals surface area contributed by atoms with Crippen molar-refractivity contribution in [1.29, 1.82) is 0 Å². The number of fused-ring (bicyclic) bond motifs is 1. The van der Waals surface area contributed by atoms with Gasteiger partial charge in [-0.2, -0.15) is 15.0 Å². The van der Waals surface area contributed by atoms with Gasteiger partial charge in [-0.3, -0.25) is 4.79 Å². The van der Waals surface area contributed by atoms with Gasteiger partial charge in [0, 0.05) is 32.1 Å². The fourth-order valence-corrected chi connectivity index (χ4v) is 2.86. The molecule has 0 aromatic carbocycles. The van der Waals surface area contributed by atoms with Crippen LogP contribution in [0.5, 0.6) is 0 Å². The Bertz CT molecular complexity index is 477. The second-order valence-electron chi connectivity index (χ2n) is 4.40. The van der Waals surface area contributed by atoms with Crippen molar-refractivity contribution in [3.63, 3.8) is 0 Å². The summed E-state index contributed by atoms with van der Waals surface area (Å²) in [7, 11) is 0. The number of rotatable bonds is 1. The Morgan fingerprint density at radius 3 is 2.56 bits per heavy atom. The van der Waals surface area contributed by atoms with E-state index in [9.17, 15) is 4.79 Å². The lowest BCUT2D eigenvalue weighted by Gasteiger charge is -2.37. The Labute approximate surface area is 114 Å². The van der Waals surface area contributed by atoms with Crippen molar-refractivity contribution in [2.75, 3.05) is 24.5 Å². The topological polar surface area (TPSA) is 62.2 Å². The lowest BCUT2D eigenvalue weighted by Crippen LogP contribution is -2.52. The highest BCUT2D eigenvalue weighted by molar-refractivity contribution is 6.31. The molecule has 1 atom stereocenters. The van der Waals surface area contributed by atoms with Crippen LogP contribution in [0.25, 0.3) is 0 Å². The van der Waals surface area contributed by atoms with E-state index in [1.807, 2.05) is 9.80 Å². The molecule has 96 valence electrons. The molecule has 6 nitrogen and oxygen atoms in total. The zero-order valence-corrected chi connectivity index (χ0v) is 11.0. The molecule has 3 heterocycles. The van der Waals surface area contributed by atoms with E-state index in [0.717, 1.165) is 13.0 Å². The first kappa shape index (κ1) is 11.9. The van der Waals surface area contributed by atoms with E-state index in [-0.39, 0.29) is 22.5 Å². The van der Waals surface area contributed by atoms with Crippen LogP contribution >= 0.6 is 23.2 Å². The molecule has 1 unspecified atom stereocenters. The number of amides is 1. The minimum Gasteiger partial charge on any atom is -0.337 e. The first-order valence-electron chi connectivity index (χ1n) is 5.75. The third-order valence-electron chi connectivity index (χ3n) is 3.35. The second-order valence-corrected chi connectivity index (χ2v) is 5.08. The van der Waals surface area contributed by atoms with Gasteiger partial charge in [0.05, 0.1) is 0 Å². The third-order valence-corrected chi connectivity index (χ3v) is 3.68. The smallest absolute Gasteiger partial charge is 0.231 e. The first-order valence-corrected chi connectivity index (χ1v) is 6.50. The molecule has 1 amide bonds. The molecule has 18 heavy (non-hydrogen) atoms. The number of anilines is 1. The first-order chi connectivity index (χ1) is 8.63. The van der Waals surface area contributed by atoms with E-state index in [0.29, 0.717) is 25.5 Å². The van der Waals surface area contributed by atoms with E-state index >= 15 is 0 Å². The van der Waals surface area contributed by atoms with Gasteiger partial charge in [0.1, 0.15) is 0 Å². The van der Waals surface area contributed by atoms with Gasteiger partial charge in [-0.1, -0.05) is 0 Å². The van der Waals surface area contributed by atoms with Gasteiger partial charge >= 0.3 is 0 Å². The van der Waals surface area contributed by atoms with Crippen LogP contribution < -0.4 is 4.90 Å². The summed E-state index contributed by atoms with van der Waals surface area (Å²) in [5, 5.41) is 0.185. The third kappa shape index (κ3) is 2.10. The van der Waals surface area contributed by atoms with Crippen molar-refractivity contribution < 1.29 is 4.79 Å². The molecule has 8 heteroatoms. The normalized spacial score (nSPS) is 23.4. The lowest BCUT2D eigenvalue weighted by molar-refractivity contribution is -0.129. The molecule has 0 bridgehead atoms. The van der Waals surface area contributed by atoms with Crippen molar-refractivity contribution in [3.05, 3.63) is 10.6 Å². The van der Waals surface area contributed by atoms with E-state index in [4.69, 9.17) is 23.2 Å². The van der Waals surface area contributed by atoms with Gasteiger partial charge in [-0.25, -0.2) is 0 Å². The van der Waals surface area contributed by atoms with Crippen LogP contribution in [0.3, 0.4) is 0 Å². The molecule has 2 fully saturated rings.